The van der Waals surface area contributed by atoms with Crippen molar-refractivity contribution < 1.29 is 4.21 Å². The van der Waals surface area contributed by atoms with E-state index in [0.29, 0.717) is 23.5 Å². The number of thioether (sulfide) groups is 1. The SMILES string of the molecule is CSCC[S@](=N)(=O)C[C@H]1CC[C@H](N(C)c2ncnc3[nH]ccc23)CC1. The second-order valence-corrected chi connectivity index (χ2v) is 10.2. The van der Waals surface area contributed by atoms with Gasteiger partial charge < -0.3 is 9.88 Å². The molecule has 0 saturated heterocycles. The Morgan fingerprint density at radius 3 is 2.84 bits per heavy atom. The topological polar surface area (TPSA) is 85.7 Å². The van der Waals surface area contributed by atoms with Gasteiger partial charge in [0.25, 0.3) is 0 Å². The van der Waals surface area contributed by atoms with Gasteiger partial charge in [-0.1, -0.05) is 0 Å². The molecular formula is C17H27N5OS2. The molecule has 1 aliphatic rings. The Hall–Kier alpha value is -1.28. The van der Waals surface area contributed by atoms with E-state index in [1.807, 2.05) is 18.5 Å². The van der Waals surface area contributed by atoms with Crippen LogP contribution in [0.3, 0.4) is 0 Å². The molecule has 138 valence electrons. The molecule has 2 aromatic rings. The molecule has 1 saturated carbocycles. The van der Waals surface area contributed by atoms with Gasteiger partial charge in [-0.2, -0.15) is 11.8 Å². The lowest BCUT2D eigenvalue weighted by Crippen LogP contribution is -2.37. The standard InChI is InChI=1S/C17H27N5OS2/c1-22(17-15-7-8-19-16(15)20-12-21-17)14-5-3-13(4-6-14)11-25(18,23)10-9-24-2/h7-8,12-14,18H,3-6,9-11H2,1-2H3,(H,19,20,21)/t13-,14-,25-/m0/s1. The van der Waals surface area contributed by atoms with Gasteiger partial charge in [0.1, 0.15) is 17.8 Å². The van der Waals surface area contributed by atoms with Crippen molar-refractivity contribution in [1.82, 2.24) is 15.0 Å². The summed E-state index contributed by atoms with van der Waals surface area (Å²) in [6, 6.07) is 2.46. The van der Waals surface area contributed by atoms with E-state index in [1.54, 1.807) is 18.1 Å². The molecule has 0 aliphatic heterocycles. The molecule has 2 N–H and O–H groups in total. The molecule has 2 heterocycles. The minimum atomic E-state index is -2.41. The average Bonchev–Trinajstić information content (AvgIpc) is 3.08. The largest absolute Gasteiger partial charge is 0.356 e. The predicted molar refractivity (Wildman–Crippen MR) is 107 cm³/mol. The van der Waals surface area contributed by atoms with Gasteiger partial charge in [-0.05, 0) is 43.9 Å². The van der Waals surface area contributed by atoms with E-state index in [-0.39, 0.29) is 0 Å². The van der Waals surface area contributed by atoms with Gasteiger partial charge >= 0.3 is 0 Å². The summed E-state index contributed by atoms with van der Waals surface area (Å²) >= 11 is 1.67. The first-order chi connectivity index (χ1) is 12.0. The van der Waals surface area contributed by atoms with Crippen LogP contribution in [0.1, 0.15) is 25.7 Å². The Bertz CT molecular complexity index is 796. The molecule has 0 radical (unpaired) electrons. The van der Waals surface area contributed by atoms with Crippen LogP contribution in [0.25, 0.3) is 11.0 Å². The molecule has 0 spiro atoms. The number of fused-ring (bicyclic) bond motifs is 1. The molecule has 3 rings (SSSR count). The van der Waals surface area contributed by atoms with E-state index < -0.39 is 9.73 Å². The van der Waals surface area contributed by atoms with Crippen molar-refractivity contribution in [3.8, 4) is 0 Å². The molecule has 1 fully saturated rings. The quantitative estimate of drug-likeness (QED) is 0.768. The molecule has 0 unspecified atom stereocenters. The van der Waals surface area contributed by atoms with E-state index in [0.717, 1.165) is 48.3 Å². The molecule has 6 nitrogen and oxygen atoms in total. The van der Waals surface area contributed by atoms with Crippen LogP contribution in [-0.2, 0) is 9.73 Å². The maximum atomic E-state index is 12.4. The molecule has 1 atom stereocenters. The molecule has 8 heteroatoms. The van der Waals surface area contributed by atoms with Gasteiger partial charge in [0.15, 0.2) is 0 Å². The molecular weight excluding hydrogens is 354 g/mol. The van der Waals surface area contributed by atoms with Crippen molar-refractivity contribution in [1.29, 1.82) is 4.78 Å². The van der Waals surface area contributed by atoms with Crippen LogP contribution >= 0.6 is 11.8 Å². The number of aromatic amines is 1. The van der Waals surface area contributed by atoms with Crippen molar-refractivity contribution in [3.63, 3.8) is 0 Å². The highest BCUT2D eigenvalue weighted by Crippen LogP contribution is 2.32. The lowest BCUT2D eigenvalue weighted by molar-refractivity contribution is 0.342. The van der Waals surface area contributed by atoms with E-state index in [2.05, 4.69) is 26.9 Å². The van der Waals surface area contributed by atoms with Crippen LogP contribution in [0, 0.1) is 10.7 Å². The fourth-order valence-electron chi connectivity index (χ4n) is 3.69. The van der Waals surface area contributed by atoms with Crippen LogP contribution < -0.4 is 4.90 Å². The van der Waals surface area contributed by atoms with Gasteiger partial charge in [-0.25, -0.2) is 14.2 Å². The molecule has 2 aromatic heterocycles. The maximum Gasteiger partial charge on any atom is 0.142 e. The van der Waals surface area contributed by atoms with Crippen LogP contribution in [0.15, 0.2) is 18.6 Å². The molecule has 25 heavy (non-hydrogen) atoms. The number of rotatable bonds is 7. The summed E-state index contributed by atoms with van der Waals surface area (Å²) < 4.78 is 20.5. The lowest BCUT2D eigenvalue weighted by Gasteiger charge is -2.35. The van der Waals surface area contributed by atoms with Crippen LogP contribution in [0.5, 0.6) is 0 Å². The first-order valence-corrected chi connectivity index (χ1v) is 12.0. The fourth-order valence-corrected chi connectivity index (χ4v) is 6.70. The zero-order valence-electron chi connectivity index (χ0n) is 14.9. The first-order valence-electron chi connectivity index (χ1n) is 8.74. The third-order valence-electron chi connectivity index (χ3n) is 5.15. The second kappa shape index (κ2) is 7.95. The van der Waals surface area contributed by atoms with Crippen molar-refractivity contribution in [2.45, 2.75) is 31.7 Å². The summed E-state index contributed by atoms with van der Waals surface area (Å²) in [5.41, 5.74) is 0.869. The van der Waals surface area contributed by atoms with Crippen LogP contribution in [0.2, 0.25) is 0 Å². The third-order valence-corrected chi connectivity index (χ3v) is 7.90. The Kier molecular flexibility index (Phi) is 5.89. The van der Waals surface area contributed by atoms with E-state index in [1.165, 1.54) is 0 Å². The number of hydrogen-bond donors (Lipinski definition) is 2. The zero-order valence-corrected chi connectivity index (χ0v) is 16.5. The van der Waals surface area contributed by atoms with Crippen molar-refractivity contribution in [2.75, 3.05) is 35.5 Å². The summed E-state index contributed by atoms with van der Waals surface area (Å²) in [6.45, 7) is 0. The lowest BCUT2D eigenvalue weighted by atomic mass is 9.86. The fraction of sp³-hybridized carbons (Fsp3) is 0.647. The Morgan fingerprint density at radius 1 is 1.36 bits per heavy atom. The zero-order chi connectivity index (χ0) is 17.9. The highest BCUT2D eigenvalue weighted by atomic mass is 32.2. The smallest absolute Gasteiger partial charge is 0.142 e. The summed E-state index contributed by atoms with van der Waals surface area (Å²) in [4.78, 5) is 14.1. The van der Waals surface area contributed by atoms with E-state index in [4.69, 9.17) is 4.78 Å². The maximum absolute atomic E-state index is 12.4. The highest BCUT2D eigenvalue weighted by molar-refractivity contribution is 8.00. The molecule has 0 bridgehead atoms. The van der Waals surface area contributed by atoms with Gasteiger partial charge in [-0.3, -0.25) is 4.78 Å². The number of hydrogen-bond acceptors (Lipinski definition) is 6. The Morgan fingerprint density at radius 2 is 2.12 bits per heavy atom. The van der Waals surface area contributed by atoms with Crippen molar-refractivity contribution in [3.05, 3.63) is 18.6 Å². The summed E-state index contributed by atoms with van der Waals surface area (Å²) in [6.07, 6.45) is 9.73. The summed E-state index contributed by atoms with van der Waals surface area (Å²) in [5.74, 6) is 3.31. The Balaban J connectivity index is 1.60. The van der Waals surface area contributed by atoms with Crippen molar-refractivity contribution in [2.24, 2.45) is 5.92 Å². The number of nitrogens with one attached hydrogen (secondary N) is 2. The minimum absolute atomic E-state index is 0.425. The summed E-state index contributed by atoms with van der Waals surface area (Å²) in [5, 5.41) is 1.05. The number of anilines is 1. The summed E-state index contributed by atoms with van der Waals surface area (Å²) in [7, 11) is -0.311. The predicted octanol–water partition coefficient (Wildman–Crippen LogP) is 3.36. The van der Waals surface area contributed by atoms with Gasteiger partial charge in [0, 0.05) is 46.3 Å². The van der Waals surface area contributed by atoms with Crippen LogP contribution in [0.4, 0.5) is 5.82 Å². The number of aromatic nitrogens is 3. The average molecular weight is 382 g/mol. The minimum Gasteiger partial charge on any atom is -0.356 e. The van der Waals surface area contributed by atoms with Crippen LogP contribution in [-0.4, -0.2) is 55.8 Å². The number of H-pyrrole nitrogens is 1. The van der Waals surface area contributed by atoms with Gasteiger partial charge in [0.2, 0.25) is 0 Å². The first kappa shape index (κ1) is 18.5. The second-order valence-electron chi connectivity index (χ2n) is 6.90. The third kappa shape index (κ3) is 4.47. The highest BCUT2D eigenvalue weighted by Gasteiger charge is 2.27. The Labute approximate surface area is 154 Å². The van der Waals surface area contributed by atoms with Gasteiger partial charge in [0.05, 0.1) is 5.39 Å². The number of nitrogens with zero attached hydrogens (tertiary/aromatic N) is 3. The van der Waals surface area contributed by atoms with E-state index in [9.17, 15) is 4.21 Å². The molecule has 0 aromatic carbocycles. The monoisotopic (exact) mass is 381 g/mol. The van der Waals surface area contributed by atoms with Crippen molar-refractivity contribution >= 4 is 38.3 Å². The molecule has 1 aliphatic carbocycles. The molecule has 0 amide bonds. The van der Waals surface area contributed by atoms with E-state index >= 15 is 0 Å². The normalized spacial score (nSPS) is 23.4. The van der Waals surface area contributed by atoms with Gasteiger partial charge in [-0.15, -0.1) is 0 Å².